The number of pyridine rings is 1. The summed E-state index contributed by atoms with van der Waals surface area (Å²) < 4.78 is 53.1. The summed E-state index contributed by atoms with van der Waals surface area (Å²) in [5, 5.41) is 7.14. The van der Waals surface area contributed by atoms with Crippen molar-refractivity contribution in [1.82, 2.24) is 24.6 Å². The zero-order chi connectivity index (χ0) is 19.4. The Morgan fingerprint density at radius 2 is 1.93 bits per heavy atom. The summed E-state index contributed by atoms with van der Waals surface area (Å²) in [6.45, 7) is 3.60. The highest BCUT2D eigenvalue weighted by Gasteiger charge is 2.38. The summed E-state index contributed by atoms with van der Waals surface area (Å²) in [5.41, 5.74) is 0.639. The summed E-state index contributed by atoms with van der Waals surface area (Å²) in [4.78, 5) is 8.05. The van der Waals surface area contributed by atoms with Crippen LogP contribution in [0.1, 0.15) is 39.9 Å². The Bertz CT molecular complexity index is 933. The Morgan fingerprint density at radius 1 is 1.14 bits per heavy atom. The monoisotopic (exact) mass is 397 g/mol. The highest BCUT2D eigenvalue weighted by Crippen LogP contribution is 2.29. The molecule has 0 amide bonds. The van der Waals surface area contributed by atoms with Crippen molar-refractivity contribution in [2.45, 2.75) is 40.2 Å². The van der Waals surface area contributed by atoms with Crippen molar-refractivity contribution in [1.29, 1.82) is 0 Å². The van der Waals surface area contributed by atoms with Crippen molar-refractivity contribution in [3.63, 3.8) is 0 Å². The van der Waals surface area contributed by atoms with Gasteiger partial charge in [0.05, 0.1) is 25.1 Å². The first kappa shape index (κ1) is 21.5. The van der Waals surface area contributed by atoms with Gasteiger partial charge in [0.2, 0.25) is 11.7 Å². The maximum atomic E-state index is 14.2. The van der Waals surface area contributed by atoms with E-state index >= 15 is 0 Å². The number of nitrogens with zero attached hydrogens (tertiary/aromatic N) is 5. The number of aromatic nitrogens is 5. The summed E-state index contributed by atoms with van der Waals surface area (Å²) >= 11 is 0. The van der Waals surface area contributed by atoms with Crippen molar-refractivity contribution < 1.29 is 22.6 Å². The molecule has 3 heterocycles. The van der Waals surface area contributed by atoms with Crippen molar-refractivity contribution in [3.05, 3.63) is 36.3 Å². The van der Waals surface area contributed by atoms with Crippen LogP contribution in [0.15, 0.2) is 24.7 Å². The fraction of sp³-hybridized carbons (Fsp3) is 0.444. The molecule has 0 fully saturated rings. The predicted molar refractivity (Wildman–Crippen MR) is 96.6 cm³/mol. The van der Waals surface area contributed by atoms with Crippen LogP contribution in [0.4, 0.5) is 13.2 Å². The van der Waals surface area contributed by atoms with Crippen LogP contribution in [0, 0.1) is 5.82 Å². The standard InChI is InChI=1S/C17H18F3N5O2.CH4/c1-3-5-6-26-15-12(18)7-11(8-22-15)13-10-25-14(9-21-13)23-24-16(25)17(19,20)27-4-2;/h7-10H,3-6H2,1-2H3;1H4. The molecule has 0 atom stereocenters. The average Bonchev–Trinajstić information content (AvgIpc) is 3.07. The maximum Gasteiger partial charge on any atom is 0.418 e. The molecule has 0 aliphatic rings. The van der Waals surface area contributed by atoms with Crippen LogP contribution in [0.25, 0.3) is 16.9 Å². The third-order valence-corrected chi connectivity index (χ3v) is 3.72. The molecule has 3 aromatic heterocycles. The molecular weight excluding hydrogens is 375 g/mol. The molecule has 0 aromatic carbocycles. The van der Waals surface area contributed by atoms with E-state index in [1.807, 2.05) is 6.92 Å². The predicted octanol–water partition coefficient (Wildman–Crippen LogP) is 4.23. The molecule has 0 radical (unpaired) electrons. The van der Waals surface area contributed by atoms with Gasteiger partial charge in [0.15, 0.2) is 11.5 Å². The lowest BCUT2D eigenvalue weighted by Crippen LogP contribution is -2.21. The van der Waals surface area contributed by atoms with Gasteiger partial charge in [0.25, 0.3) is 0 Å². The van der Waals surface area contributed by atoms with Crippen LogP contribution in [0.2, 0.25) is 0 Å². The van der Waals surface area contributed by atoms with Crippen LogP contribution in [-0.4, -0.2) is 37.8 Å². The van der Waals surface area contributed by atoms with E-state index in [0.717, 1.165) is 17.2 Å². The molecule has 0 N–H and O–H groups in total. The zero-order valence-electron chi connectivity index (χ0n) is 14.8. The number of rotatable bonds is 8. The Balaban J connectivity index is 0.00000280. The summed E-state index contributed by atoms with van der Waals surface area (Å²) in [7, 11) is 0. The average molecular weight is 397 g/mol. The van der Waals surface area contributed by atoms with Gasteiger partial charge in [-0.25, -0.2) is 9.37 Å². The van der Waals surface area contributed by atoms with Crippen molar-refractivity contribution in [2.24, 2.45) is 0 Å². The van der Waals surface area contributed by atoms with Gasteiger partial charge in [0.1, 0.15) is 0 Å². The SMILES string of the molecule is C.CCCCOc1ncc(-c2cn3c(C(F)(F)OCC)nnc3cn2)cc1F. The lowest BCUT2D eigenvalue weighted by atomic mass is 10.2. The smallest absolute Gasteiger partial charge is 0.418 e. The van der Waals surface area contributed by atoms with Gasteiger partial charge in [-0.3, -0.25) is 9.38 Å². The van der Waals surface area contributed by atoms with Crippen LogP contribution in [0.5, 0.6) is 5.88 Å². The molecule has 28 heavy (non-hydrogen) atoms. The Labute approximate surface area is 160 Å². The van der Waals surface area contributed by atoms with E-state index in [2.05, 4.69) is 24.9 Å². The molecule has 7 nitrogen and oxygen atoms in total. The first-order valence-corrected chi connectivity index (χ1v) is 8.48. The molecule has 0 spiro atoms. The maximum absolute atomic E-state index is 14.2. The van der Waals surface area contributed by atoms with Crippen LogP contribution >= 0.6 is 0 Å². The van der Waals surface area contributed by atoms with Gasteiger partial charge in [-0.1, -0.05) is 20.8 Å². The molecule has 0 saturated heterocycles. The number of ether oxygens (including phenoxy) is 2. The van der Waals surface area contributed by atoms with E-state index in [1.165, 1.54) is 31.6 Å². The normalized spacial score (nSPS) is 11.5. The minimum atomic E-state index is -3.62. The second-order valence-corrected chi connectivity index (χ2v) is 5.69. The first-order chi connectivity index (χ1) is 13.0. The minimum Gasteiger partial charge on any atom is -0.476 e. The van der Waals surface area contributed by atoms with Crippen LogP contribution < -0.4 is 4.74 Å². The third kappa shape index (κ3) is 4.38. The van der Waals surface area contributed by atoms with Crippen LogP contribution in [-0.2, 0) is 10.8 Å². The largest absolute Gasteiger partial charge is 0.476 e. The molecule has 0 unspecified atom stereocenters. The van der Waals surface area contributed by atoms with Crippen molar-refractivity contribution >= 4 is 5.65 Å². The Morgan fingerprint density at radius 3 is 2.61 bits per heavy atom. The van der Waals surface area contributed by atoms with E-state index < -0.39 is 17.8 Å². The van der Waals surface area contributed by atoms with E-state index in [-0.39, 0.29) is 31.3 Å². The van der Waals surface area contributed by atoms with E-state index in [4.69, 9.17) is 4.74 Å². The quantitative estimate of drug-likeness (QED) is 0.530. The number of unbranched alkanes of at least 4 members (excludes halogenated alkanes) is 1. The van der Waals surface area contributed by atoms with E-state index in [9.17, 15) is 13.2 Å². The molecule has 0 saturated carbocycles. The molecule has 10 heteroatoms. The van der Waals surface area contributed by atoms with Gasteiger partial charge in [-0.05, 0) is 19.4 Å². The summed E-state index contributed by atoms with van der Waals surface area (Å²) in [6, 6.07) is 1.19. The second-order valence-electron chi connectivity index (χ2n) is 5.69. The third-order valence-electron chi connectivity index (χ3n) is 3.72. The van der Waals surface area contributed by atoms with Gasteiger partial charge in [-0.15, -0.1) is 10.2 Å². The lowest BCUT2D eigenvalue weighted by Gasteiger charge is -2.13. The minimum absolute atomic E-state index is 0. The molecule has 0 bridgehead atoms. The van der Waals surface area contributed by atoms with Gasteiger partial charge >= 0.3 is 6.11 Å². The number of hydrogen-bond acceptors (Lipinski definition) is 6. The zero-order valence-corrected chi connectivity index (χ0v) is 14.8. The molecule has 0 aliphatic heterocycles. The lowest BCUT2D eigenvalue weighted by molar-refractivity contribution is -0.251. The Hall–Kier alpha value is -2.75. The first-order valence-electron chi connectivity index (χ1n) is 8.48. The fourth-order valence-corrected chi connectivity index (χ4v) is 2.38. The molecule has 0 aliphatic carbocycles. The highest BCUT2D eigenvalue weighted by molar-refractivity contribution is 5.59. The fourth-order valence-electron chi connectivity index (χ4n) is 2.38. The molecule has 3 aromatic rings. The highest BCUT2D eigenvalue weighted by atomic mass is 19.3. The van der Waals surface area contributed by atoms with Crippen molar-refractivity contribution in [2.75, 3.05) is 13.2 Å². The van der Waals surface area contributed by atoms with Gasteiger partial charge in [-0.2, -0.15) is 8.78 Å². The topological polar surface area (TPSA) is 74.4 Å². The van der Waals surface area contributed by atoms with E-state index in [0.29, 0.717) is 12.2 Å². The summed E-state index contributed by atoms with van der Waals surface area (Å²) in [5.74, 6) is -1.45. The Kier molecular flexibility index (Phi) is 6.90. The number of alkyl halides is 2. The van der Waals surface area contributed by atoms with Gasteiger partial charge in [0, 0.05) is 18.0 Å². The number of fused-ring (bicyclic) bond motifs is 1. The number of hydrogen-bond donors (Lipinski definition) is 0. The molecule has 152 valence electrons. The van der Waals surface area contributed by atoms with Crippen molar-refractivity contribution in [3.8, 4) is 17.1 Å². The number of halogens is 3. The van der Waals surface area contributed by atoms with E-state index in [1.54, 1.807) is 0 Å². The second kappa shape index (κ2) is 8.96. The summed E-state index contributed by atoms with van der Waals surface area (Å²) in [6.07, 6.45) is 1.99. The van der Waals surface area contributed by atoms with Crippen LogP contribution in [0.3, 0.4) is 0 Å². The van der Waals surface area contributed by atoms with Gasteiger partial charge < -0.3 is 9.47 Å². The molecule has 3 rings (SSSR count). The molecular formula is C18H22F3N5O2.